The van der Waals surface area contributed by atoms with Crippen molar-refractivity contribution < 1.29 is 22.8 Å². The first-order chi connectivity index (χ1) is 18.6. The Balaban J connectivity index is 1.49. The fraction of sp³-hybridized carbons (Fsp3) is 0.207. The molecule has 0 unspecified atom stereocenters. The Morgan fingerprint density at radius 2 is 1.67 bits per heavy atom. The van der Waals surface area contributed by atoms with E-state index in [1.807, 2.05) is 31.2 Å². The van der Waals surface area contributed by atoms with Crippen molar-refractivity contribution in [1.82, 2.24) is 15.0 Å². The van der Waals surface area contributed by atoms with Crippen molar-refractivity contribution in [2.45, 2.75) is 38.8 Å². The number of aromatic nitrogens is 3. The zero-order chi connectivity index (χ0) is 27.7. The molecule has 39 heavy (non-hydrogen) atoms. The minimum absolute atomic E-state index is 0.144. The van der Waals surface area contributed by atoms with Crippen LogP contribution in [-0.4, -0.2) is 26.8 Å². The van der Waals surface area contributed by atoms with Gasteiger partial charge in [0.25, 0.3) is 5.91 Å². The molecule has 0 atom stereocenters. The van der Waals surface area contributed by atoms with Crippen molar-refractivity contribution in [1.29, 1.82) is 0 Å². The Kier molecular flexibility index (Phi) is 6.86. The Labute approximate surface area is 222 Å². The molecule has 0 saturated heterocycles. The summed E-state index contributed by atoms with van der Waals surface area (Å²) in [5, 5.41) is 5.38. The second kappa shape index (κ2) is 10.3. The van der Waals surface area contributed by atoms with Gasteiger partial charge in [-0.1, -0.05) is 6.07 Å². The molecular formula is C29H24F3N5O2. The third-order valence-electron chi connectivity index (χ3n) is 6.32. The van der Waals surface area contributed by atoms with Crippen molar-refractivity contribution in [3.8, 4) is 22.4 Å². The lowest BCUT2D eigenvalue weighted by atomic mass is 9.97. The summed E-state index contributed by atoms with van der Waals surface area (Å²) in [7, 11) is 0. The molecule has 1 aliphatic rings. The molecule has 7 nitrogen and oxygen atoms in total. The summed E-state index contributed by atoms with van der Waals surface area (Å²) in [5.41, 5.74) is 4.30. The Hall–Kier alpha value is -4.60. The van der Waals surface area contributed by atoms with Crippen LogP contribution < -0.4 is 10.6 Å². The highest BCUT2D eigenvalue weighted by Gasteiger charge is 2.33. The number of alkyl halides is 3. The number of pyridine rings is 3. The number of hydrogen-bond donors (Lipinski definition) is 2. The van der Waals surface area contributed by atoms with Gasteiger partial charge >= 0.3 is 6.18 Å². The number of hydrogen-bond acceptors (Lipinski definition) is 5. The van der Waals surface area contributed by atoms with Gasteiger partial charge in [-0.3, -0.25) is 19.6 Å². The van der Waals surface area contributed by atoms with Gasteiger partial charge in [-0.05, 0) is 85.0 Å². The van der Waals surface area contributed by atoms with Gasteiger partial charge < -0.3 is 10.6 Å². The number of carbonyl (C=O) groups excluding carboxylic acids is 2. The lowest BCUT2D eigenvalue weighted by molar-refractivity contribution is -0.141. The zero-order valence-electron chi connectivity index (χ0n) is 21.1. The van der Waals surface area contributed by atoms with Crippen LogP contribution in [0.25, 0.3) is 22.4 Å². The number of nitrogens with zero attached hydrogens (tertiary/aromatic N) is 3. The SMILES string of the molecule is CC(=O)Nc1cc(-c2cc(-c3cc(NC(=O)c4ccnc(C(F)(F)F)c4)ccc3C)cc(C3CC3)n2)ccn1. The van der Waals surface area contributed by atoms with E-state index in [0.717, 1.165) is 53.1 Å². The molecule has 1 aliphatic carbocycles. The molecule has 0 aliphatic heterocycles. The Bertz CT molecular complexity index is 1580. The Morgan fingerprint density at radius 3 is 2.38 bits per heavy atom. The molecule has 5 rings (SSSR count). The topological polar surface area (TPSA) is 96.9 Å². The van der Waals surface area contributed by atoms with Crippen LogP contribution in [0.15, 0.2) is 67.0 Å². The quantitative estimate of drug-likeness (QED) is 0.291. The fourth-order valence-electron chi connectivity index (χ4n) is 4.22. The Morgan fingerprint density at radius 1 is 0.897 bits per heavy atom. The molecule has 2 amide bonds. The van der Waals surface area contributed by atoms with E-state index in [2.05, 4.69) is 20.6 Å². The molecule has 3 heterocycles. The number of halogens is 3. The van der Waals surface area contributed by atoms with Crippen LogP contribution in [0.3, 0.4) is 0 Å². The third kappa shape index (κ3) is 6.11. The van der Waals surface area contributed by atoms with Gasteiger partial charge in [-0.2, -0.15) is 13.2 Å². The van der Waals surface area contributed by atoms with E-state index in [1.54, 1.807) is 24.4 Å². The second-order valence-corrected chi connectivity index (χ2v) is 9.46. The van der Waals surface area contributed by atoms with Crippen LogP contribution >= 0.6 is 0 Å². The van der Waals surface area contributed by atoms with Gasteiger partial charge in [-0.25, -0.2) is 4.98 Å². The van der Waals surface area contributed by atoms with Crippen LogP contribution in [0.1, 0.15) is 53.0 Å². The predicted molar refractivity (Wildman–Crippen MR) is 141 cm³/mol. The number of nitrogens with one attached hydrogen (secondary N) is 2. The van der Waals surface area contributed by atoms with Crippen molar-refractivity contribution >= 4 is 23.3 Å². The maximum Gasteiger partial charge on any atom is 0.433 e. The van der Waals surface area contributed by atoms with E-state index in [9.17, 15) is 22.8 Å². The molecule has 0 radical (unpaired) electrons. The van der Waals surface area contributed by atoms with E-state index in [-0.39, 0.29) is 11.5 Å². The van der Waals surface area contributed by atoms with Gasteiger partial charge in [0.1, 0.15) is 11.5 Å². The molecule has 1 fully saturated rings. The first kappa shape index (κ1) is 26.0. The van der Waals surface area contributed by atoms with Crippen molar-refractivity contribution in [3.05, 3.63) is 89.5 Å². The molecule has 3 aromatic heterocycles. The van der Waals surface area contributed by atoms with E-state index in [1.165, 1.54) is 13.0 Å². The monoisotopic (exact) mass is 531 g/mol. The molecule has 10 heteroatoms. The van der Waals surface area contributed by atoms with Crippen molar-refractivity contribution in [2.24, 2.45) is 0 Å². The average molecular weight is 532 g/mol. The molecule has 198 valence electrons. The maximum absolute atomic E-state index is 13.0. The summed E-state index contributed by atoms with van der Waals surface area (Å²) < 4.78 is 39.1. The minimum atomic E-state index is -4.65. The molecule has 1 saturated carbocycles. The highest BCUT2D eigenvalue weighted by molar-refractivity contribution is 6.04. The van der Waals surface area contributed by atoms with E-state index >= 15 is 0 Å². The van der Waals surface area contributed by atoms with Crippen LogP contribution in [0.4, 0.5) is 24.7 Å². The number of anilines is 2. The first-order valence-corrected chi connectivity index (χ1v) is 12.3. The number of amides is 2. The van der Waals surface area contributed by atoms with Crippen molar-refractivity contribution in [2.75, 3.05) is 10.6 Å². The van der Waals surface area contributed by atoms with Crippen LogP contribution in [0.2, 0.25) is 0 Å². The normalized spacial score (nSPS) is 13.2. The summed E-state index contributed by atoms with van der Waals surface area (Å²) >= 11 is 0. The van der Waals surface area contributed by atoms with Gasteiger partial charge in [0.05, 0.1) is 5.69 Å². The lowest BCUT2D eigenvalue weighted by Gasteiger charge is -2.14. The van der Waals surface area contributed by atoms with Crippen LogP contribution in [-0.2, 0) is 11.0 Å². The third-order valence-corrected chi connectivity index (χ3v) is 6.32. The van der Waals surface area contributed by atoms with Gasteiger partial charge in [-0.15, -0.1) is 0 Å². The molecule has 0 spiro atoms. The molecule has 4 aromatic rings. The smallest absolute Gasteiger partial charge is 0.322 e. The average Bonchev–Trinajstić information content (AvgIpc) is 3.75. The van der Waals surface area contributed by atoms with Gasteiger partial charge in [0, 0.05) is 47.7 Å². The second-order valence-electron chi connectivity index (χ2n) is 9.46. The molecule has 0 bridgehead atoms. The van der Waals surface area contributed by atoms with Gasteiger partial charge in [0.2, 0.25) is 5.91 Å². The van der Waals surface area contributed by atoms with E-state index in [4.69, 9.17) is 4.98 Å². The molecular weight excluding hydrogens is 507 g/mol. The van der Waals surface area contributed by atoms with E-state index < -0.39 is 17.8 Å². The summed E-state index contributed by atoms with van der Waals surface area (Å²) in [6, 6.07) is 14.9. The summed E-state index contributed by atoms with van der Waals surface area (Å²) in [5.74, 6) is -0.117. The number of carbonyl (C=O) groups is 2. The highest BCUT2D eigenvalue weighted by atomic mass is 19.4. The number of rotatable bonds is 6. The number of aryl methyl sites for hydroxylation is 1. The largest absolute Gasteiger partial charge is 0.433 e. The number of benzene rings is 1. The maximum atomic E-state index is 13.0. The molecule has 1 aromatic carbocycles. The lowest BCUT2D eigenvalue weighted by Crippen LogP contribution is -2.15. The van der Waals surface area contributed by atoms with Crippen LogP contribution in [0.5, 0.6) is 0 Å². The zero-order valence-corrected chi connectivity index (χ0v) is 21.1. The molecule has 2 N–H and O–H groups in total. The highest BCUT2D eigenvalue weighted by Crippen LogP contribution is 2.42. The van der Waals surface area contributed by atoms with Crippen LogP contribution in [0, 0.1) is 6.92 Å². The van der Waals surface area contributed by atoms with E-state index in [0.29, 0.717) is 23.1 Å². The first-order valence-electron chi connectivity index (χ1n) is 12.3. The minimum Gasteiger partial charge on any atom is -0.322 e. The summed E-state index contributed by atoms with van der Waals surface area (Å²) in [6.07, 6.45) is 0.0150. The summed E-state index contributed by atoms with van der Waals surface area (Å²) in [4.78, 5) is 36.6. The predicted octanol–water partition coefficient (Wildman–Crippen LogP) is 6.62. The van der Waals surface area contributed by atoms with Crippen molar-refractivity contribution in [3.63, 3.8) is 0 Å². The van der Waals surface area contributed by atoms with Gasteiger partial charge in [0.15, 0.2) is 0 Å². The fourth-order valence-corrected chi connectivity index (χ4v) is 4.22. The summed E-state index contributed by atoms with van der Waals surface area (Å²) in [6.45, 7) is 3.36. The standard InChI is InChI=1S/C29H24F3N5O2/c1-16-3-6-22(36-28(39)20-8-9-33-26(13-20)29(30,31)32)15-23(16)21-11-24(18-4-5-18)37-25(12-21)19-7-10-34-27(14-19)35-17(2)38/h3,6-15,18H,4-5H2,1-2H3,(H,36,39)(H,34,35,38).